The highest BCUT2D eigenvalue weighted by molar-refractivity contribution is 5.98. The largest absolute Gasteiger partial charge is 0.481 e. The minimum atomic E-state index is -1.66. The van der Waals surface area contributed by atoms with Crippen molar-refractivity contribution in [1.82, 2.24) is 35.9 Å². The lowest BCUT2D eigenvalue weighted by Crippen LogP contribution is -2.47. The van der Waals surface area contributed by atoms with Crippen LogP contribution in [0.4, 0.5) is 11.6 Å². The summed E-state index contributed by atoms with van der Waals surface area (Å²) in [5.74, 6) is -12.9. The number of nitrogens with one attached hydrogen (secondary N) is 5. The third-order valence-electron chi connectivity index (χ3n) is 9.14. The van der Waals surface area contributed by atoms with Crippen LogP contribution in [0.2, 0.25) is 0 Å². The van der Waals surface area contributed by atoms with Gasteiger partial charge in [-0.2, -0.15) is 4.98 Å². The van der Waals surface area contributed by atoms with Crippen LogP contribution < -0.4 is 32.6 Å². The van der Waals surface area contributed by atoms with Gasteiger partial charge in [0.15, 0.2) is 22.7 Å². The van der Waals surface area contributed by atoms with Crippen LogP contribution in [0, 0.1) is 24.2 Å². The Morgan fingerprint density at radius 1 is 0.778 bits per heavy atom. The van der Waals surface area contributed by atoms with Gasteiger partial charge in [0.1, 0.15) is 11.8 Å². The average Bonchev–Trinajstić information content (AvgIpc) is 3.20. The van der Waals surface area contributed by atoms with E-state index < -0.39 is 146 Å². The van der Waals surface area contributed by atoms with E-state index in [1.165, 1.54) is 30.5 Å². The molecule has 0 aliphatic carbocycles. The number of ketones is 3. The Morgan fingerprint density at radius 2 is 1.37 bits per heavy atom. The fourth-order valence-electron chi connectivity index (χ4n) is 5.90. The number of rotatable bonds is 26. The van der Waals surface area contributed by atoms with Crippen molar-refractivity contribution in [2.75, 3.05) is 11.1 Å². The number of carboxylic acids is 4. The number of terminal acetylenes is 1. The number of H-pyrrole nitrogens is 1. The molecule has 5 atom stereocenters. The molecule has 0 spiro atoms. The summed E-state index contributed by atoms with van der Waals surface area (Å²) < 4.78 is 0. The summed E-state index contributed by atoms with van der Waals surface area (Å²) in [4.78, 5) is 150. The van der Waals surface area contributed by atoms with Crippen molar-refractivity contribution in [3.8, 4) is 12.3 Å². The number of nitrogen functional groups attached to an aromatic ring is 1. The number of anilines is 2. The van der Waals surface area contributed by atoms with Crippen molar-refractivity contribution < 1.29 is 68.4 Å². The number of aromatic amines is 1. The maximum atomic E-state index is 13.3. The third-order valence-corrected chi connectivity index (χ3v) is 9.14. The molecule has 334 valence electrons. The van der Waals surface area contributed by atoms with Gasteiger partial charge in [0, 0.05) is 36.9 Å². The molecule has 63 heavy (non-hydrogen) atoms. The SMILES string of the molecule is C#CC[C@H](NC(=O)[C@H](CC(=O)O)CC(=O)CC[C@H](NC(=O)c1ccc(NCc2cnc3nc(N)[nH]c(=O)c3n2)cc1)C(=O)O)C(=O)C[C@@H](CC(=O)O)C(=O)N[C@@H](CC(=O)O)C(C)=O. The molecule has 0 aliphatic heterocycles. The number of carboxylic acid groups (broad SMARTS) is 4. The quantitative estimate of drug-likeness (QED) is 0.0434. The van der Waals surface area contributed by atoms with Gasteiger partial charge in [-0.1, -0.05) is 0 Å². The van der Waals surface area contributed by atoms with Gasteiger partial charge in [-0.15, -0.1) is 12.3 Å². The van der Waals surface area contributed by atoms with Gasteiger partial charge >= 0.3 is 23.9 Å². The van der Waals surface area contributed by atoms with E-state index in [1.54, 1.807) is 0 Å². The number of Topliss-reactive ketones (excluding diaryl/α,β-unsaturated/α-hetero) is 3. The lowest BCUT2D eigenvalue weighted by molar-refractivity contribution is -0.144. The lowest BCUT2D eigenvalue weighted by Gasteiger charge is -2.23. The third kappa shape index (κ3) is 15.8. The molecule has 24 heteroatoms. The normalized spacial score (nSPS) is 13.1. The van der Waals surface area contributed by atoms with Crippen LogP contribution in [-0.4, -0.2) is 117 Å². The highest BCUT2D eigenvalue weighted by Gasteiger charge is 2.34. The molecule has 3 amide bonds. The second-order valence-corrected chi connectivity index (χ2v) is 14.1. The summed E-state index contributed by atoms with van der Waals surface area (Å²) >= 11 is 0. The first-order valence-corrected chi connectivity index (χ1v) is 18.8. The second-order valence-electron chi connectivity index (χ2n) is 14.1. The van der Waals surface area contributed by atoms with E-state index in [0.717, 1.165) is 6.92 Å². The molecule has 0 bridgehead atoms. The summed E-state index contributed by atoms with van der Waals surface area (Å²) in [6.45, 7) is 1.10. The Morgan fingerprint density at radius 3 is 1.92 bits per heavy atom. The van der Waals surface area contributed by atoms with Crippen LogP contribution in [0.25, 0.3) is 11.2 Å². The van der Waals surface area contributed by atoms with E-state index in [0.29, 0.717) is 11.4 Å². The van der Waals surface area contributed by atoms with Gasteiger partial charge < -0.3 is 47.4 Å². The number of nitrogens with two attached hydrogens (primary N) is 1. The van der Waals surface area contributed by atoms with E-state index in [2.05, 4.69) is 47.1 Å². The number of carbonyl (C=O) groups is 10. The molecule has 24 nitrogen and oxygen atoms in total. The van der Waals surface area contributed by atoms with Crippen molar-refractivity contribution in [3.05, 3.63) is 52.1 Å². The standard InChI is InChI=1S/C39H43N9O15/c1-3-4-25(28(51)12-21(14-30(54)55)36(60)46-27(18(2)49)15-31(56)57)44-35(59)20(13-29(52)53)11-24(50)9-10-26(38(62)63)45-34(58)19-5-7-22(8-6-19)41-16-23-17-42-33-32(43-23)37(61)48-39(40)47-33/h1,5-8,17,20-21,25-27,41H,4,9-16H2,2H3,(H,44,59)(H,45,58)(H,46,60)(H,52,53)(H,54,55)(H,56,57)(H,62,63)(H3,40,42,47,48,61)/t20-,21-,25-,26-,27-/m0/s1. The summed E-state index contributed by atoms with van der Waals surface area (Å²) in [5.41, 5.74) is 5.91. The lowest BCUT2D eigenvalue weighted by atomic mass is 9.91. The molecular weight excluding hydrogens is 834 g/mol. The summed E-state index contributed by atoms with van der Waals surface area (Å²) in [5, 5.41) is 47.3. The zero-order valence-corrected chi connectivity index (χ0v) is 33.4. The Bertz CT molecular complexity index is 2380. The van der Waals surface area contributed by atoms with E-state index in [9.17, 15) is 68.1 Å². The fraction of sp³-hybridized carbons (Fsp3) is 0.385. The monoisotopic (exact) mass is 877 g/mol. The predicted molar refractivity (Wildman–Crippen MR) is 215 cm³/mol. The van der Waals surface area contributed by atoms with Crippen molar-refractivity contribution in [3.63, 3.8) is 0 Å². The summed E-state index contributed by atoms with van der Waals surface area (Å²) in [6.07, 6.45) is 0.877. The Hall–Kier alpha value is -8.10. The number of benzene rings is 1. The van der Waals surface area contributed by atoms with Gasteiger partial charge in [-0.3, -0.25) is 52.9 Å². The molecule has 0 saturated carbocycles. The molecule has 0 unspecified atom stereocenters. The van der Waals surface area contributed by atoms with Gasteiger partial charge in [-0.05, 0) is 37.6 Å². The molecule has 3 rings (SSSR count). The summed E-state index contributed by atoms with van der Waals surface area (Å²) in [6, 6.07) is 1.03. The molecule has 0 aliphatic rings. The van der Waals surface area contributed by atoms with Gasteiger partial charge in [0.05, 0.1) is 61.6 Å². The Balaban J connectivity index is 1.61. The smallest absolute Gasteiger partial charge is 0.326 e. The zero-order valence-electron chi connectivity index (χ0n) is 33.4. The first kappa shape index (κ1) is 49.3. The highest BCUT2D eigenvalue weighted by atomic mass is 16.4. The fourth-order valence-corrected chi connectivity index (χ4v) is 5.90. The summed E-state index contributed by atoms with van der Waals surface area (Å²) in [7, 11) is 0. The average molecular weight is 878 g/mol. The minimum absolute atomic E-state index is 0.0220. The maximum Gasteiger partial charge on any atom is 0.326 e. The van der Waals surface area contributed by atoms with Crippen LogP contribution in [0.15, 0.2) is 35.3 Å². The van der Waals surface area contributed by atoms with Crippen LogP contribution in [0.3, 0.4) is 0 Å². The van der Waals surface area contributed by atoms with Crippen molar-refractivity contribution in [2.45, 2.75) is 83.0 Å². The van der Waals surface area contributed by atoms with E-state index in [1.807, 2.05) is 0 Å². The Kier molecular flexibility index (Phi) is 18.0. The van der Waals surface area contributed by atoms with E-state index in [4.69, 9.17) is 17.3 Å². The van der Waals surface area contributed by atoms with Crippen LogP contribution in [0.1, 0.15) is 74.3 Å². The number of fused-ring (bicyclic) bond motifs is 1. The first-order valence-electron chi connectivity index (χ1n) is 18.8. The molecule has 0 fully saturated rings. The molecule has 3 aromatic rings. The number of carbonyl (C=O) groups excluding carboxylic acids is 6. The number of amides is 3. The molecule has 0 saturated heterocycles. The van der Waals surface area contributed by atoms with Crippen LogP contribution in [0.5, 0.6) is 0 Å². The van der Waals surface area contributed by atoms with Gasteiger partial charge in [0.2, 0.25) is 17.8 Å². The second kappa shape index (κ2) is 23.0. The molecule has 1 aromatic carbocycles. The van der Waals surface area contributed by atoms with Crippen molar-refractivity contribution in [1.29, 1.82) is 0 Å². The Labute approximate surface area is 355 Å². The molecule has 2 aromatic heterocycles. The van der Waals surface area contributed by atoms with Crippen LogP contribution in [-0.2, 0) is 49.7 Å². The van der Waals surface area contributed by atoms with Gasteiger partial charge in [-0.25, -0.2) is 14.8 Å². The number of aromatic nitrogens is 4. The molecular formula is C39H43N9O15. The predicted octanol–water partition coefficient (Wildman–Crippen LogP) is -0.973. The van der Waals surface area contributed by atoms with Gasteiger partial charge in [0.25, 0.3) is 11.5 Å². The molecule has 2 heterocycles. The van der Waals surface area contributed by atoms with Crippen molar-refractivity contribution in [2.24, 2.45) is 11.8 Å². The maximum absolute atomic E-state index is 13.3. The molecule has 0 radical (unpaired) electrons. The van der Waals surface area contributed by atoms with E-state index >= 15 is 0 Å². The first-order chi connectivity index (χ1) is 29.7. The molecule has 11 N–H and O–H groups in total. The van der Waals surface area contributed by atoms with E-state index in [-0.39, 0.29) is 29.2 Å². The minimum Gasteiger partial charge on any atom is -0.481 e. The number of hydrogen-bond donors (Lipinski definition) is 10. The van der Waals surface area contributed by atoms with Crippen LogP contribution >= 0.6 is 0 Å². The topological polar surface area (TPSA) is 397 Å². The number of hydrogen-bond acceptors (Lipinski definition) is 16. The highest BCUT2D eigenvalue weighted by Crippen LogP contribution is 2.18. The number of nitrogens with zero attached hydrogens (tertiary/aromatic N) is 3. The van der Waals surface area contributed by atoms with Crippen molar-refractivity contribution >= 4 is 81.7 Å². The number of aliphatic carboxylic acids is 4. The zero-order chi connectivity index (χ0) is 47.0.